The van der Waals surface area contributed by atoms with Gasteiger partial charge in [-0.15, -0.1) is 0 Å². The fourth-order valence-corrected chi connectivity index (χ4v) is 6.31. The van der Waals surface area contributed by atoms with Gasteiger partial charge in [0.25, 0.3) is 5.91 Å². The lowest BCUT2D eigenvalue weighted by atomic mass is 9.75. The summed E-state index contributed by atoms with van der Waals surface area (Å²) < 4.78 is 31.6. The quantitative estimate of drug-likeness (QED) is 0.405. The van der Waals surface area contributed by atoms with Crippen LogP contribution >= 0.6 is 0 Å². The Labute approximate surface area is 229 Å². The molecule has 0 saturated heterocycles. The zero-order chi connectivity index (χ0) is 28.5. The summed E-state index contributed by atoms with van der Waals surface area (Å²) in [6.45, 7) is 5.86. The molecule has 0 radical (unpaired) electrons. The van der Waals surface area contributed by atoms with Gasteiger partial charge in [-0.2, -0.15) is 0 Å². The molecule has 3 aliphatic carbocycles. The second-order valence-electron chi connectivity index (χ2n) is 12.2. The van der Waals surface area contributed by atoms with E-state index in [1.807, 2.05) is 13.8 Å². The lowest BCUT2D eigenvalue weighted by Crippen LogP contribution is -2.51. The van der Waals surface area contributed by atoms with Crippen LogP contribution in [0.4, 0.5) is 4.39 Å². The number of ether oxygens (including phenoxy) is 3. The molecule has 9 nitrogen and oxygen atoms in total. The average Bonchev–Trinajstić information content (AvgIpc) is 3.51. The van der Waals surface area contributed by atoms with Crippen molar-refractivity contribution < 1.29 is 38.1 Å². The summed E-state index contributed by atoms with van der Waals surface area (Å²) in [6.07, 6.45) is 4.20. The van der Waals surface area contributed by atoms with Crippen molar-refractivity contribution in [2.45, 2.75) is 83.5 Å². The Balaban J connectivity index is 1.48. The third kappa shape index (κ3) is 6.15. The molecule has 2 amide bonds. The molecule has 0 aliphatic heterocycles. The van der Waals surface area contributed by atoms with E-state index in [0.717, 1.165) is 25.3 Å². The van der Waals surface area contributed by atoms with Gasteiger partial charge in [-0.25, -0.2) is 4.39 Å². The van der Waals surface area contributed by atoms with E-state index in [0.29, 0.717) is 32.2 Å². The minimum atomic E-state index is -0.842. The van der Waals surface area contributed by atoms with Gasteiger partial charge in [0.05, 0.1) is 35.7 Å². The lowest BCUT2D eigenvalue weighted by molar-refractivity contribution is -0.150. The van der Waals surface area contributed by atoms with Gasteiger partial charge in [0.15, 0.2) is 11.6 Å². The minimum absolute atomic E-state index is 0.0745. The molecule has 4 atom stereocenters. The molecule has 0 heterocycles. The molecule has 3 fully saturated rings. The Kier molecular flexibility index (Phi) is 8.44. The number of hydrogen-bond acceptors (Lipinski definition) is 6. The van der Waals surface area contributed by atoms with Crippen LogP contribution in [0.15, 0.2) is 12.1 Å². The van der Waals surface area contributed by atoms with E-state index < -0.39 is 28.7 Å². The molecule has 4 rings (SSSR count). The number of aliphatic carboxylic acids is 1. The second-order valence-corrected chi connectivity index (χ2v) is 12.2. The fourth-order valence-electron chi connectivity index (χ4n) is 6.31. The van der Waals surface area contributed by atoms with Gasteiger partial charge in [0.1, 0.15) is 5.75 Å². The number of methoxy groups -OCH3 is 2. The van der Waals surface area contributed by atoms with E-state index in [9.17, 15) is 23.9 Å². The van der Waals surface area contributed by atoms with Crippen molar-refractivity contribution in [3.63, 3.8) is 0 Å². The van der Waals surface area contributed by atoms with E-state index in [2.05, 4.69) is 10.6 Å². The smallest absolute Gasteiger partial charge is 0.309 e. The van der Waals surface area contributed by atoms with Gasteiger partial charge in [-0.1, -0.05) is 0 Å². The van der Waals surface area contributed by atoms with Gasteiger partial charge >= 0.3 is 5.97 Å². The number of carboxylic acids is 1. The number of halogens is 1. The zero-order valence-corrected chi connectivity index (χ0v) is 23.5. The summed E-state index contributed by atoms with van der Waals surface area (Å²) >= 11 is 0. The van der Waals surface area contributed by atoms with Crippen molar-refractivity contribution in [3.05, 3.63) is 23.5 Å². The maximum Gasteiger partial charge on any atom is 0.309 e. The van der Waals surface area contributed by atoms with Crippen LogP contribution in [0.3, 0.4) is 0 Å². The number of nitrogens with one attached hydrogen (secondary N) is 2. The Morgan fingerprint density at radius 1 is 1.08 bits per heavy atom. The summed E-state index contributed by atoms with van der Waals surface area (Å²) in [5.41, 5.74) is -1.19. The number of amides is 2. The van der Waals surface area contributed by atoms with Crippen molar-refractivity contribution in [1.82, 2.24) is 10.6 Å². The monoisotopic (exact) mass is 548 g/mol. The Morgan fingerprint density at radius 3 is 2.36 bits per heavy atom. The molecule has 10 heteroatoms. The van der Waals surface area contributed by atoms with E-state index in [-0.39, 0.29) is 52.9 Å². The average molecular weight is 549 g/mol. The highest BCUT2D eigenvalue weighted by Gasteiger charge is 2.51. The van der Waals surface area contributed by atoms with Gasteiger partial charge in [-0.05, 0) is 83.6 Å². The summed E-state index contributed by atoms with van der Waals surface area (Å²) in [5, 5.41) is 15.5. The SMILES string of the molecule is COc1cc(F)c(O[C@H]2CC[C@@](C)(C(=O)O)CC2)cc1C(=O)N[C@@H]1[C@H]2CC[C@H](C2)[C@@H]1C(=O)NCC(C)(C)OC. The minimum Gasteiger partial charge on any atom is -0.496 e. The summed E-state index contributed by atoms with van der Waals surface area (Å²) in [6, 6.07) is 2.14. The normalized spacial score (nSPS) is 30.1. The van der Waals surface area contributed by atoms with Gasteiger partial charge in [0, 0.05) is 25.8 Å². The van der Waals surface area contributed by atoms with Gasteiger partial charge in [0.2, 0.25) is 5.91 Å². The van der Waals surface area contributed by atoms with Crippen LogP contribution in [-0.2, 0) is 14.3 Å². The molecule has 3 aliphatic rings. The van der Waals surface area contributed by atoms with Crippen LogP contribution in [0.25, 0.3) is 0 Å². The predicted molar refractivity (Wildman–Crippen MR) is 141 cm³/mol. The number of carbonyl (C=O) groups is 3. The van der Waals surface area contributed by atoms with Crippen LogP contribution in [0, 0.1) is 29.0 Å². The van der Waals surface area contributed by atoms with Crippen LogP contribution in [-0.4, -0.2) is 61.4 Å². The molecule has 2 bridgehead atoms. The molecule has 1 aromatic carbocycles. The number of carboxylic acid groups (broad SMARTS) is 1. The Bertz CT molecular complexity index is 1100. The third-order valence-corrected chi connectivity index (χ3v) is 9.10. The number of rotatable bonds is 10. The summed E-state index contributed by atoms with van der Waals surface area (Å²) in [5.74, 6) is -2.02. The van der Waals surface area contributed by atoms with Crippen LogP contribution in [0.2, 0.25) is 0 Å². The maximum absolute atomic E-state index is 14.9. The molecule has 3 saturated carbocycles. The van der Waals surface area contributed by atoms with Gasteiger partial charge < -0.3 is 30.0 Å². The Hall–Kier alpha value is -2.88. The van der Waals surface area contributed by atoms with E-state index in [1.54, 1.807) is 14.0 Å². The molecular formula is C29H41FN2O7. The highest BCUT2D eigenvalue weighted by Crippen LogP contribution is 2.49. The van der Waals surface area contributed by atoms with Crippen molar-refractivity contribution in [2.75, 3.05) is 20.8 Å². The van der Waals surface area contributed by atoms with Crippen molar-refractivity contribution in [2.24, 2.45) is 23.2 Å². The number of hydrogen-bond donors (Lipinski definition) is 3. The first-order valence-corrected chi connectivity index (χ1v) is 13.8. The molecule has 3 N–H and O–H groups in total. The van der Waals surface area contributed by atoms with Gasteiger partial charge in [-0.3, -0.25) is 14.4 Å². The highest BCUT2D eigenvalue weighted by atomic mass is 19.1. The summed E-state index contributed by atoms with van der Waals surface area (Å²) in [7, 11) is 2.97. The molecular weight excluding hydrogens is 507 g/mol. The lowest BCUT2D eigenvalue weighted by Gasteiger charge is -2.34. The zero-order valence-electron chi connectivity index (χ0n) is 23.5. The van der Waals surface area contributed by atoms with Crippen LogP contribution in [0.1, 0.15) is 76.1 Å². The summed E-state index contributed by atoms with van der Waals surface area (Å²) in [4.78, 5) is 38.3. The fraction of sp³-hybridized carbons (Fsp3) is 0.690. The third-order valence-electron chi connectivity index (χ3n) is 9.10. The topological polar surface area (TPSA) is 123 Å². The standard InChI is InChI=1S/C29H41FN2O7/c1-28(2,38-5)15-31-26(34)23-16-6-7-17(12-16)24(23)32-25(33)19-13-22(20(30)14-21(19)37-4)39-18-8-10-29(3,11-9-18)27(35)36/h13-14,16-18,23-24H,6-12,15H2,1-5H3,(H,31,34)(H,32,33)(H,35,36)/t16-,17+,18-,23+,24-,29+/m1/s1. The molecule has 0 spiro atoms. The van der Waals surface area contributed by atoms with Crippen molar-refractivity contribution >= 4 is 17.8 Å². The van der Waals surface area contributed by atoms with Crippen molar-refractivity contribution in [3.8, 4) is 11.5 Å². The van der Waals surface area contributed by atoms with E-state index in [1.165, 1.54) is 13.2 Å². The van der Waals surface area contributed by atoms with Crippen molar-refractivity contribution in [1.29, 1.82) is 0 Å². The van der Waals surface area contributed by atoms with Crippen LogP contribution in [0.5, 0.6) is 11.5 Å². The first-order valence-electron chi connectivity index (χ1n) is 13.8. The molecule has 216 valence electrons. The predicted octanol–water partition coefficient (Wildman–Crippen LogP) is 3.93. The first-order chi connectivity index (χ1) is 18.4. The largest absolute Gasteiger partial charge is 0.496 e. The van der Waals surface area contributed by atoms with Crippen LogP contribution < -0.4 is 20.1 Å². The molecule has 1 aromatic rings. The highest BCUT2D eigenvalue weighted by molar-refractivity contribution is 5.98. The molecule has 0 unspecified atom stereocenters. The Morgan fingerprint density at radius 2 is 1.74 bits per heavy atom. The maximum atomic E-state index is 14.9. The molecule has 39 heavy (non-hydrogen) atoms. The second kappa shape index (κ2) is 11.3. The first kappa shape index (κ1) is 29.1. The number of carbonyl (C=O) groups excluding carboxylic acids is 2. The van der Waals surface area contributed by atoms with E-state index in [4.69, 9.17) is 14.2 Å². The molecule has 0 aromatic heterocycles. The number of benzene rings is 1. The van der Waals surface area contributed by atoms with E-state index >= 15 is 0 Å². The number of fused-ring (bicyclic) bond motifs is 2.